The van der Waals surface area contributed by atoms with Crippen LogP contribution in [0.3, 0.4) is 0 Å². The van der Waals surface area contributed by atoms with Crippen LogP contribution in [0.1, 0.15) is 62.8 Å². The highest BCUT2D eigenvalue weighted by Crippen LogP contribution is 2.47. The van der Waals surface area contributed by atoms with Gasteiger partial charge in [-0.3, -0.25) is 14.9 Å². The third-order valence-corrected chi connectivity index (χ3v) is 7.47. The second-order valence-corrected chi connectivity index (χ2v) is 10.5. The second kappa shape index (κ2) is 7.12. The number of dihydropyridines is 1. The van der Waals surface area contributed by atoms with Crippen molar-refractivity contribution in [2.24, 2.45) is 4.99 Å². The Labute approximate surface area is 182 Å². The van der Waals surface area contributed by atoms with Crippen molar-refractivity contribution in [1.29, 1.82) is 0 Å². The maximum Gasteiger partial charge on any atom is 0.290 e. The van der Waals surface area contributed by atoms with Gasteiger partial charge in [0.1, 0.15) is 0 Å². The average Bonchev–Trinajstić information content (AvgIpc) is 3.03. The SMILES string of the molecule is COC1=NCC(=C2SC(=O)NC2=O)C=C1c1cc2c(cc1C)C(C)(C)CCC2(C)C. The minimum absolute atomic E-state index is 0.0851. The molecule has 0 atom stereocenters. The third-order valence-electron chi connectivity index (χ3n) is 6.53. The lowest BCUT2D eigenvalue weighted by Gasteiger charge is -2.42. The molecule has 0 spiro atoms. The molecule has 0 saturated carbocycles. The first-order chi connectivity index (χ1) is 14.0. The van der Waals surface area contributed by atoms with Crippen LogP contribution >= 0.6 is 11.8 Å². The smallest absolute Gasteiger partial charge is 0.290 e. The van der Waals surface area contributed by atoms with Crippen LogP contribution in [0.15, 0.2) is 33.7 Å². The van der Waals surface area contributed by atoms with Gasteiger partial charge in [0.25, 0.3) is 11.1 Å². The van der Waals surface area contributed by atoms with Gasteiger partial charge in [0.05, 0.1) is 18.6 Å². The minimum atomic E-state index is -0.350. The van der Waals surface area contributed by atoms with Gasteiger partial charge in [0.2, 0.25) is 5.90 Å². The molecule has 0 aromatic heterocycles. The number of thioether (sulfide) groups is 1. The summed E-state index contributed by atoms with van der Waals surface area (Å²) in [4.78, 5) is 28.8. The molecule has 0 radical (unpaired) electrons. The highest BCUT2D eigenvalue weighted by atomic mass is 32.2. The standard InChI is InChI=1S/C24H28N2O3S/c1-13-9-17-18(24(4,5)8-7-23(17,2)3)11-15(13)16-10-14(12-25-21(16)29-6)19-20(27)26-22(28)30-19/h9-11H,7-8,12H2,1-6H3,(H,26,27,28). The molecular weight excluding hydrogens is 396 g/mol. The van der Waals surface area contributed by atoms with E-state index in [-0.39, 0.29) is 22.0 Å². The van der Waals surface area contributed by atoms with Gasteiger partial charge in [-0.1, -0.05) is 33.8 Å². The summed E-state index contributed by atoms with van der Waals surface area (Å²) in [6.45, 7) is 11.7. The number of carbonyl (C=O) groups excluding carboxylic acids is 2. The molecule has 2 aliphatic heterocycles. The van der Waals surface area contributed by atoms with Gasteiger partial charge in [0, 0.05) is 5.57 Å². The van der Waals surface area contributed by atoms with Crippen LogP contribution in [0.5, 0.6) is 0 Å². The lowest BCUT2D eigenvalue weighted by molar-refractivity contribution is -0.115. The van der Waals surface area contributed by atoms with E-state index >= 15 is 0 Å². The average molecular weight is 425 g/mol. The zero-order valence-corrected chi connectivity index (χ0v) is 19.3. The number of rotatable bonds is 1. The van der Waals surface area contributed by atoms with Gasteiger partial charge in [-0.25, -0.2) is 4.99 Å². The summed E-state index contributed by atoms with van der Waals surface area (Å²) in [6.07, 6.45) is 4.26. The summed E-state index contributed by atoms with van der Waals surface area (Å²) in [6, 6.07) is 4.59. The molecule has 30 heavy (non-hydrogen) atoms. The fraction of sp³-hybridized carbons (Fsp3) is 0.458. The highest BCUT2D eigenvalue weighted by molar-refractivity contribution is 8.18. The Bertz CT molecular complexity index is 1060. The molecule has 1 aliphatic carbocycles. The van der Waals surface area contributed by atoms with Gasteiger partial charge >= 0.3 is 0 Å². The summed E-state index contributed by atoms with van der Waals surface area (Å²) in [5.74, 6) is 0.210. The number of amides is 2. The molecule has 6 heteroatoms. The predicted molar refractivity (Wildman–Crippen MR) is 122 cm³/mol. The fourth-order valence-corrected chi connectivity index (χ4v) is 5.29. The molecule has 1 fully saturated rings. The molecule has 1 aromatic rings. The van der Waals surface area contributed by atoms with Crippen molar-refractivity contribution in [3.8, 4) is 0 Å². The van der Waals surface area contributed by atoms with Crippen LogP contribution in [0, 0.1) is 6.92 Å². The largest absolute Gasteiger partial charge is 0.481 e. The maximum atomic E-state index is 12.2. The van der Waals surface area contributed by atoms with Gasteiger partial charge in [0.15, 0.2) is 0 Å². The summed E-state index contributed by atoms with van der Waals surface area (Å²) >= 11 is 0.938. The Morgan fingerprint density at radius 2 is 1.70 bits per heavy atom. The van der Waals surface area contributed by atoms with E-state index in [1.807, 2.05) is 6.08 Å². The number of aliphatic imine (C=N–C) groups is 1. The fourth-order valence-electron chi connectivity index (χ4n) is 4.57. The summed E-state index contributed by atoms with van der Waals surface area (Å²) in [7, 11) is 1.62. The molecule has 2 heterocycles. The monoisotopic (exact) mass is 424 g/mol. The van der Waals surface area contributed by atoms with E-state index in [0.29, 0.717) is 17.3 Å². The molecular formula is C24H28N2O3S. The van der Waals surface area contributed by atoms with Crippen molar-refractivity contribution >= 4 is 34.4 Å². The number of benzene rings is 1. The Hall–Kier alpha value is -2.34. The summed E-state index contributed by atoms with van der Waals surface area (Å²) in [5.41, 5.74) is 6.81. The molecule has 158 valence electrons. The van der Waals surface area contributed by atoms with E-state index in [2.05, 4.69) is 57.1 Å². The second-order valence-electron chi connectivity index (χ2n) is 9.56. The highest BCUT2D eigenvalue weighted by Gasteiger charge is 2.38. The number of hydrogen-bond donors (Lipinski definition) is 1. The van der Waals surface area contributed by atoms with E-state index in [1.54, 1.807) is 7.11 Å². The first-order valence-electron chi connectivity index (χ1n) is 10.3. The van der Waals surface area contributed by atoms with Crippen molar-refractivity contribution in [3.05, 3.63) is 50.9 Å². The number of nitrogens with zero attached hydrogens (tertiary/aromatic N) is 1. The number of fused-ring (bicyclic) bond motifs is 1. The molecule has 2 amide bonds. The zero-order valence-electron chi connectivity index (χ0n) is 18.4. The number of methoxy groups -OCH3 is 1. The van der Waals surface area contributed by atoms with Gasteiger partial charge in [-0.2, -0.15) is 0 Å². The first-order valence-corrected chi connectivity index (χ1v) is 11.1. The van der Waals surface area contributed by atoms with Crippen LogP contribution in [-0.4, -0.2) is 30.7 Å². The Morgan fingerprint density at radius 1 is 1.07 bits per heavy atom. The van der Waals surface area contributed by atoms with E-state index in [9.17, 15) is 9.59 Å². The molecule has 1 saturated heterocycles. The van der Waals surface area contributed by atoms with E-state index in [4.69, 9.17) is 4.74 Å². The van der Waals surface area contributed by atoms with Crippen LogP contribution < -0.4 is 5.32 Å². The summed E-state index contributed by atoms with van der Waals surface area (Å²) < 4.78 is 5.59. The number of hydrogen-bond acceptors (Lipinski definition) is 5. The number of aryl methyl sites for hydroxylation is 1. The normalized spacial score (nSPS) is 24.7. The predicted octanol–water partition coefficient (Wildman–Crippen LogP) is 5.02. The van der Waals surface area contributed by atoms with Crippen molar-refractivity contribution in [2.45, 2.75) is 58.3 Å². The van der Waals surface area contributed by atoms with Crippen LogP contribution in [-0.2, 0) is 20.4 Å². The lowest BCUT2D eigenvalue weighted by atomic mass is 9.62. The van der Waals surface area contributed by atoms with Crippen molar-refractivity contribution in [3.63, 3.8) is 0 Å². The minimum Gasteiger partial charge on any atom is -0.481 e. The van der Waals surface area contributed by atoms with Crippen molar-refractivity contribution in [1.82, 2.24) is 5.32 Å². The molecule has 0 bridgehead atoms. The van der Waals surface area contributed by atoms with E-state index in [1.165, 1.54) is 11.1 Å². The van der Waals surface area contributed by atoms with Gasteiger partial charge in [-0.05, 0) is 82.3 Å². The van der Waals surface area contributed by atoms with Crippen LogP contribution in [0.4, 0.5) is 4.79 Å². The number of ether oxygens (including phenoxy) is 1. The van der Waals surface area contributed by atoms with Crippen molar-refractivity contribution < 1.29 is 14.3 Å². The molecule has 5 nitrogen and oxygen atoms in total. The molecule has 1 N–H and O–H groups in total. The molecule has 0 unspecified atom stereocenters. The Balaban J connectivity index is 1.90. The molecule has 4 rings (SSSR count). The van der Waals surface area contributed by atoms with Crippen LogP contribution in [0.25, 0.3) is 5.57 Å². The molecule has 3 aliphatic rings. The first kappa shape index (κ1) is 20.9. The van der Waals surface area contributed by atoms with E-state index < -0.39 is 0 Å². The quantitative estimate of drug-likeness (QED) is 0.643. The number of imide groups is 1. The topological polar surface area (TPSA) is 67.8 Å². The summed E-state index contributed by atoms with van der Waals surface area (Å²) in [5, 5.41) is 1.99. The molecule has 1 aromatic carbocycles. The zero-order chi connectivity index (χ0) is 21.8. The Kier molecular flexibility index (Phi) is 4.96. The third kappa shape index (κ3) is 3.41. The number of carbonyl (C=O) groups is 2. The number of nitrogens with one attached hydrogen (secondary N) is 1. The lowest BCUT2D eigenvalue weighted by Crippen LogP contribution is -2.34. The van der Waals surface area contributed by atoms with Crippen molar-refractivity contribution in [2.75, 3.05) is 13.7 Å². The van der Waals surface area contributed by atoms with E-state index in [0.717, 1.165) is 46.9 Å². The van der Waals surface area contributed by atoms with Gasteiger partial charge < -0.3 is 4.74 Å². The van der Waals surface area contributed by atoms with Crippen LogP contribution in [0.2, 0.25) is 0 Å². The van der Waals surface area contributed by atoms with Gasteiger partial charge in [-0.15, -0.1) is 0 Å². The Morgan fingerprint density at radius 3 is 2.27 bits per heavy atom. The maximum absolute atomic E-state index is 12.2.